The van der Waals surface area contributed by atoms with E-state index in [1.807, 2.05) is 0 Å². The van der Waals surface area contributed by atoms with Crippen molar-refractivity contribution in [1.82, 2.24) is 10.3 Å². The fraction of sp³-hybridized carbons (Fsp3) is 0.600. The van der Waals surface area contributed by atoms with Crippen molar-refractivity contribution in [3.63, 3.8) is 0 Å². The summed E-state index contributed by atoms with van der Waals surface area (Å²) < 4.78 is 28.2. The summed E-state index contributed by atoms with van der Waals surface area (Å²) in [6, 6.07) is 3.67. The van der Waals surface area contributed by atoms with Crippen LogP contribution in [0.5, 0.6) is 0 Å². The number of pyridine rings is 1. The fourth-order valence-electron chi connectivity index (χ4n) is 2.72. The summed E-state index contributed by atoms with van der Waals surface area (Å²) in [5, 5.41) is 11.8. The number of aliphatic hydroxyl groups is 1. The Morgan fingerprint density at radius 1 is 1.33 bits per heavy atom. The van der Waals surface area contributed by atoms with E-state index in [4.69, 9.17) is 0 Å². The lowest BCUT2D eigenvalue weighted by Gasteiger charge is -2.26. The van der Waals surface area contributed by atoms with Gasteiger partial charge in [0.25, 0.3) is 5.91 Å². The number of hydrogen-bond donors (Lipinski definition) is 2. The number of rotatable bonds is 4. The van der Waals surface area contributed by atoms with Crippen molar-refractivity contribution in [2.75, 3.05) is 6.61 Å². The Kier molecular flexibility index (Phi) is 5.22. The van der Waals surface area contributed by atoms with Crippen LogP contribution in [-0.2, 0) is 10.7 Å². The highest BCUT2D eigenvalue weighted by Crippen LogP contribution is 2.28. The zero-order valence-corrected chi connectivity index (χ0v) is 11.8. The van der Waals surface area contributed by atoms with Gasteiger partial charge in [0.2, 0.25) is 0 Å². The van der Waals surface area contributed by atoms with E-state index in [9.17, 15) is 18.7 Å². The highest BCUT2D eigenvalue weighted by molar-refractivity contribution is 5.84. The number of carbonyl (C=O) groups excluding carboxylic acids is 1. The molecule has 1 saturated carbocycles. The predicted octanol–water partition coefficient (Wildman–Crippen LogP) is 2.23. The molecule has 0 aromatic carbocycles. The van der Waals surface area contributed by atoms with Crippen LogP contribution in [0.4, 0.5) is 8.78 Å². The number of halogens is 2. The molecule has 1 fully saturated rings. The highest BCUT2D eigenvalue weighted by Gasteiger charge is 2.43. The Morgan fingerprint density at radius 2 is 2.10 bits per heavy atom. The molecule has 1 aromatic heterocycles. The van der Waals surface area contributed by atoms with E-state index in [1.54, 1.807) is 0 Å². The summed E-state index contributed by atoms with van der Waals surface area (Å²) in [6.45, 7) is -0.0971. The van der Waals surface area contributed by atoms with Crippen molar-refractivity contribution in [2.45, 2.75) is 44.1 Å². The standard InChI is InChI=1S/C15H20F2N2O2/c16-15(17,13-8-4-5-9-18-13)14(21)19-12-7-3-1-2-6-11(12)10-20/h4-5,8-9,11-12,20H,1-3,6-7,10H2,(H,19,21). The maximum Gasteiger partial charge on any atom is 0.366 e. The van der Waals surface area contributed by atoms with Crippen molar-refractivity contribution in [3.8, 4) is 0 Å². The molecular weight excluding hydrogens is 278 g/mol. The molecule has 0 bridgehead atoms. The van der Waals surface area contributed by atoms with Gasteiger partial charge in [-0.15, -0.1) is 0 Å². The first kappa shape index (κ1) is 15.8. The minimum atomic E-state index is -3.66. The second-order valence-electron chi connectivity index (χ2n) is 5.45. The third kappa shape index (κ3) is 3.75. The maximum absolute atomic E-state index is 14.1. The van der Waals surface area contributed by atoms with E-state index >= 15 is 0 Å². The van der Waals surface area contributed by atoms with Gasteiger partial charge in [-0.1, -0.05) is 25.3 Å². The Balaban J connectivity index is 2.08. The molecule has 0 saturated heterocycles. The van der Waals surface area contributed by atoms with E-state index in [2.05, 4.69) is 10.3 Å². The number of hydrogen-bond acceptors (Lipinski definition) is 3. The van der Waals surface area contributed by atoms with Crippen LogP contribution in [0.3, 0.4) is 0 Å². The molecule has 1 amide bonds. The molecule has 0 radical (unpaired) electrons. The van der Waals surface area contributed by atoms with Crippen LogP contribution in [0.2, 0.25) is 0 Å². The lowest BCUT2D eigenvalue weighted by atomic mass is 9.95. The summed E-state index contributed by atoms with van der Waals surface area (Å²) in [5.74, 6) is -5.16. The van der Waals surface area contributed by atoms with Gasteiger partial charge in [0, 0.05) is 24.8 Å². The quantitative estimate of drug-likeness (QED) is 0.838. The second-order valence-corrected chi connectivity index (χ2v) is 5.45. The molecule has 1 aliphatic rings. The Hall–Kier alpha value is -1.56. The van der Waals surface area contributed by atoms with Gasteiger partial charge in [-0.3, -0.25) is 9.78 Å². The number of aromatic nitrogens is 1. The van der Waals surface area contributed by atoms with Gasteiger partial charge in [-0.05, 0) is 25.0 Å². The molecule has 1 heterocycles. The van der Waals surface area contributed by atoms with E-state index in [1.165, 1.54) is 18.3 Å². The minimum Gasteiger partial charge on any atom is -0.396 e. The summed E-state index contributed by atoms with van der Waals surface area (Å²) in [4.78, 5) is 15.5. The molecule has 2 N–H and O–H groups in total. The number of nitrogens with zero attached hydrogens (tertiary/aromatic N) is 1. The van der Waals surface area contributed by atoms with E-state index in [0.29, 0.717) is 6.42 Å². The van der Waals surface area contributed by atoms with Gasteiger partial charge < -0.3 is 10.4 Å². The van der Waals surface area contributed by atoms with Gasteiger partial charge in [-0.2, -0.15) is 8.78 Å². The van der Waals surface area contributed by atoms with Crippen LogP contribution in [0.15, 0.2) is 24.4 Å². The van der Waals surface area contributed by atoms with Crippen molar-refractivity contribution in [1.29, 1.82) is 0 Å². The molecule has 2 unspecified atom stereocenters. The number of aliphatic hydroxyl groups excluding tert-OH is 1. The Morgan fingerprint density at radius 3 is 2.76 bits per heavy atom. The van der Waals surface area contributed by atoms with Crippen LogP contribution in [0.25, 0.3) is 0 Å². The third-order valence-corrected chi connectivity index (χ3v) is 3.98. The Bertz CT molecular complexity index is 468. The van der Waals surface area contributed by atoms with E-state index in [0.717, 1.165) is 31.7 Å². The molecule has 2 atom stereocenters. The molecule has 0 spiro atoms. The minimum absolute atomic E-state index is 0.0971. The van der Waals surface area contributed by atoms with Crippen molar-refractivity contribution in [2.24, 2.45) is 5.92 Å². The fourth-order valence-corrected chi connectivity index (χ4v) is 2.72. The van der Waals surface area contributed by atoms with Crippen molar-refractivity contribution < 1.29 is 18.7 Å². The van der Waals surface area contributed by atoms with Crippen LogP contribution >= 0.6 is 0 Å². The average molecular weight is 298 g/mol. The van der Waals surface area contributed by atoms with Gasteiger partial charge in [0.05, 0.1) is 0 Å². The molecule has 1 aliphatic carbocycles. The Labute approximate surface area is 122 Å². The topological polar surface area (TPSA) is 62.2 Å². The van der Waals surface area contributed by atoms with Crippen molar-refractivity contribution in [3.05, 3.63) is 30.1 Å². The van der Waals surface area contributed by atoms with E-state index < -0.39 is 23.6 Å². The zero-order chi connectivity index (χ0) is 15.3. The lowest BCUT2D eigenvalue weighted by molar-refractivity contribution is -0.149. The predicted molar refractivity (Wildman–Crippen MR) is 73.7 cm³/mol. The normalized spacial score (nSPS) is 23.4. The van der Waals surface area contributed by atoms with Gasteiger partial charge in [-0.25, -0.2) is 0 Å². The van der Waals surface area contributed by atoms with Gasteiger partial charge >= 0.3 is 5.92 Å². The average Bonchev–Trinajstić information content (AvgIpc) is 2.73. The first-order chi connectivity index (χ1) is 10.1. The molecule has 6 heteroatoms. The molecule has 116 valence electrons. The number of carbonyl (C=O) groups is 1. The second kappa shape index (κ2) is 6.93. The molecule has 2 rings (SSSR count). The molecular formula is C15H20F2N2O2. The zero-order valence-electron chi connectivity index (χ0n) is 11.8. The maximum atomic E-state index is 14.1. The molecule has 4 nitrogen and oxygen atoms in total. The summed E-state index contributed by atoms with van der Waals surface area (Å²) >= 11 is 0. The van der Waals surface area contributed by atoms with Gasteiger partial charge in [0.15, 0.2) is 0 Å². The van der Waals surface area contributed by atoms with Crippen LogP contribution in [-0.4, -0.2) is 28.6 Å². The number of alkyl halides is 2. The van der Waals surface area contributed by atoms with Crippen LogP contribution in [0, 0.1) is 5.92 Å². The van der Waals surface area contributed by atoms with Crippen LogP contribution in [0.1, 0.15) is 37.8 Å². The number of amides is 1. The molecule has 21 heavy (non-hydrogen) atoms. The highest BCUT2D eigenvalue weighted by atomic mass is 19.3. The van der Waals surface area contributed by atoms with Crippen LogP contribution < -0.4 is 5.32 Å². The van der Waals surface area contributed by atoms with Crippen molar-refractivity contribution >= 4 is 5.91 Å². The lowest BCUT2D eigenvalue weighted by Crippen LogP contribution is -2.47. The first-order valence-corrected chi connectivity index (χ1v) is 7.27. The summed E-state index contributed by atoms with van der Waals surface area (Å²) in [5.41, 5.74) is -0.559. The number of nitrogens with one attached hydrogen (secondary N) is 1. The summed E-state index contributed by atoms with van der Waals surface area (Å²) in [6.07, 6.45) is 5.43. The van der Waals surface area contributed by atoms with E-state index in [-0.39, 0.29) is 12.5 Å². The molecule has 1 aromatic rings. The SMILES string of the molecule is O=C(NC1CCCCCC1CO)C(F)(F)c1ccccn1. The van der Waals surface area contributed by atoms with Gasteiger partial charge in [0.1, 0.15) is 5.69 Å². The smallest absolute Gasteiger partial charge is 0.366 e. The molecule has 0 aliphatic heterocycles. The largest absolute Gasteiger partial charge is 0.396 e. The monoisotopic (exact) mass is 298 g/mol. The summed E-state index contributed by atoms with van der Waals surface area (Å²) in [7, 11) is 0. The first-order valence-electron chi connectivity index (χ1n) is 7.27. The third-order valence-electron chi connectivity index (χ3n) is 3.98.